The van der Waals surface area contributed by atoms with Crippen LogP contribution in [0.5, 0.6) is 5.75 Å². The zero-order valence-corrected chi connectivity index (χ0v) is 17.1. The van der Waals surface area contributed by atoms with Gasteiger partial charge >= 0.3 is 11.8 Å². The van der Waals surface area contributed by atoms with Crippen molar-refractivity contribution in [3.05, 3.63) is 54.3 Å². The summed E-state index contributed by atoms with van der Waals surface area (Å²) in [5, 5.41) is 5.22. The third-order valence-corrected chi connectivity index (χ3v) is 5.03. The molecule has 7 nitrogen and oxygen atoms in total. The highest BCUT2D eigenvalue weighted by atomic mass is 19.1. The fourth-order valence-electron chi connectivity index (χ4n) is 3.36. The SMILES string of the molecule is COc1cccc(NC(=O)C(=O)NCCCN2CCN(c3ccc(F)cc3)CC2)c1. The number of hydrogen-bond acceptors (Lipinski definition) is 5. The van der Waals surface area contributed by atoms with Crippen LogP contribution in [0.4, 0.5) is 15.8 Å². The van der Waals surface area contributed by atoms with Gasteiger partial charge < -0.3 is 20.3 Å². The molecule has 0 aliphatic carbocycles. The predicted molar refractivity (Wildman–Crippen MR) is 114 cm³/mol. The van der Waals surface area contributed by atoms with E-state index in [1.54, 1.807) is 36.4 Å². The van der Waals surface area contributed by atoms with Crippen LogP contribution in [0.3, 0.4) is 0 Å². The van der Waals surface area contributed by atoms with E-state index < -0.39 is 11.8 Å². The number of carbonyl (C=O) groups is 2. The number of nitrogens with one attached hydrogen (secondary N) is 2. The maximum atomic E-state index is 13.0. The highest BCUT2D eigenvalue weighted by Crippen LogP contribution is 2.17. The van der Waals surface area contributed by atoms with Crippen LogP contribution in [0.2, 0.25) is 0 Å². The van der Waals surface area contributed by atoms with Gasteiger partial charge in [-0.05, 0) is 49.4 Å². The van der Waals surface area contributed by atoms with E-state index in [1.165, 1.54) is 19.2 Å². The van der Waals surface area contributed by atoms with E-state index in [9.17, 15) is 14.0 Å². The van der Waals surface area contributed by atoms with Gasteiger partial charge in [0.05, 0.1) is 7.11 Å². The quantitative estimate of drug-likeness (QED) is 0.536. The largest absolute Gasteiger partial charge is 0.497 e. The molecule has 2 aromatic rings. The minimum Gasteiger partial charge on any atom is -0.497 e. The Labute approximate surface area is 175 Å². The van der Waals surface area contributed by atoms with E-state index >= 15 is 0 Å². The second-order valence-corrected chi connectivity index (χ2v) is 7.10. The van der Waals surface area contributed by atoms with Crippen molar-refractivity contribution in [2.45, 2.75) is 6.42 Å². The summed E-state index contributed by atoms with van der Waals surface area (Å²) in [6.45, 7) is 4.84. The molecule has 1 heterocycles. The molecule has 1 saturated heterocycles. The Hall–Kier alpha value is -3.13. The van der Waals surface area contributed by atoms with Crippen LogP contribution >= 0.6 is 0 Å². The fraction of sp³-hybridized carbons (Fsp3) is 0.364. The Morgan fingerprint density at radius 3 is 2.47 bits per heavy atom. The van der Waals surface area contributed by atoms with E-state index in [4.69, 9.17) is 4.74 Å². The summed E-state index contributed by atoms with van der Waals surface area (Å²) in [7, 11) is 1.54. The number of nitrogens with zero attached hydrogens (tertiary/aromatic N) is 2. The molecule has 1 aliphatic heterocycles. The van der Waals surface area contributed by atoms with Gasteiger partial charge in [-0.1, -0.05) is 6.07 Å². The van der Waals surface area contributed by atoms with Gasteiger partial charge in [0.1, 0.15) is 11.6 Å². The first-order valence-corrected chi connectivity index (χ1v) is 10.0. The molecule has 0 aromatic heterocycles. The average molecular weight is 414 g/mol. The number of ether oxygens (including phenoxy) is 1. The van der Waals surface area contributed by atoms with Gasteiger partial charge in [0.15, 0.2) is 0 Å². The van der Waals surface area contributed by atoms with Crippen molar-refractivity contribution in [3.8, 4) is 5.75 Å². The van der Waals surface area contributed by atoms with Crippen LogP contribution in [-0.4, -0.2) is 63.1 Å². The summed E-state index contributed by atoms with van der Waals surface area (Å²) >= 11 is 0. The number of rotatable bonds is 7. The third kappa shape index (κ3) is 6.18. The lowest BCUT2D eigenvalue weighted by Gasteiger charge is -2.36. The Bertz CT molecular complexity index is 852. The van der Waals surface area contributed by atoms with Crippen LogP contribution in [0, 0.1) is 5.82 Å². The van der Waals surface area contributed by atoms with Gasteiger partial charge in [0.2, 0.25) is 0 Å². The number of hydrogen-bond donors (Lipinski definition) is 2. The molecule has 1 aliphatic rings. The molecule has 0 spiro atoms. The molecule has 3 rings (SSSR count). The first-order chi connectivity index (χ1) is 14.5. The Kier molecular flexibility index (Phi) is 7.62. The molecule has 0 bridgehead atoms. The van der Waals surface area contributed by atoms with Crippen molar-refractivity contribution in [1.29, 1.82) is 0 Å². The van der Waals surface area contributed by atoms with Gasteiger partial charge in [-0.2, -0.15) is 0 Å². The molecule has 0 atom stereocenters. The Balaban J connectivity index is 1.32. The maximum Gasteiger partial charge on any atom is 0.313 e. The van der Waals surface area contributed by atoms with Crippen LogP contribution in [0.1, 0.15) is 6.42 Å². The van der Waals surface area contributed by atoms with Gasteiger partial charge in [-0.3, -0.25) is 14.5 Å². The molecule has 0 saturated carbocycles. The predicted octanol–water partition coefficient (Wildman–Crippen LogP) is 2.10. The average Bonchev–Trinajstić information content (AvgIpc) is 2.77. The molecule has 1 fully saturated rings. The zero-order chi connectivity index (χ0) is 21.3. The summed E-state index contributed by atoms with van der Waals surface area (Å²) in [5.41, 5.74) is 1.54. The van der Waals surface area contributed by atoms with Crippen LogP contribution in [0.15, 0.2) is 48.5 Å². The third-order valence-electron chi connectivity index (χ3n) is 5.03. The molecule has 8 heteroatoms. The molecular formula is C22H27FN4O3. The Morgan fingerprint density at radius 2 is 1.77 bits per heavy atom. The summed E-state index contributed by atoms with van der Waals surface area (Å²) in [6.07, 6.45) is 0.759. The highest BCUT2D eigenvalue weighted by molar-refractivity contribution is 6.39. The van der Waals surface area contributed by atoms with E-state index in [1.807, 2.05) is 0 Å². The zero-order valence-electron chi connectivity index (χ0n) is 17.1. The topological polar surface area (TPSA) is 73.9 Å². The van der Waals surface area contributed by atoms with Gasteiger partial charge in [-0.15, -0.1) is 0 Å². The molecule has 2 aromatic carbocycles. The van der Waals surface area contributed by atoms with Gasteiger partial charge in [0.25, 0.3) is 0 Å². The van der Waals surface area contributed by atoms with E-state index in [2.05, 4.69) is 20.4 Å². The second kappa shape index (κ2) is 10.6. The van der Waals surface area contributed by atoms with Crippen molar-refractivity contribution in [3.63, 3.8) is 0 Å². The summed E-state index contributed by atoms with van der Waals surface area (Å²) in [5.74, 6) is -0.973. The highest BCUT2D eigenvalue weighted by Gasteiger charge is 2.17. The van der Waals surface area contributed by atoms with Crippen molar-refractivity contribution in [2.75, 3.05) is 56.6 Å². The first-order valence-electron chi connectivity index (χ1n) is 10.0. The molecular weight excluding hydrogens is 387 g/mol. The van der Waals surface area contributed by atoms with Gasteiger partial charge in [-0.25, -0.2) is 4.39 Å². The minimum absolute atomic E-state index is 0.225. The van der Waals surface area contributed by atoms with E-state index in [0.717, 1.165) is 44.8 Å². The molecule has 0 unspecified atom stereocenters. The number of amides is 2. The van der Waals surface area contributed by atoms with Crippen LogP contribution in [0.25, 0.3) is 0 Å². The summed E-state index contributed by atoms with van der Waals surface area (Å²) in [4.78, 5) is 28.5. The molecule has 30 heavy (non-hydrogen) atoms. The minimum atomic E-state index is -0.698. The number of halogens is 1. The van der Waals surface area contributed by atoms with Crippen LogP contribution < -0.4 is 20.3 Å². The second-order valence-electron chi connectivity index (χ2n) is 7.10. The summed E-state index contributed by atoms with van der Waals surface area (Å²) in [6, 6.07) is 13.4. The van der Waals surface area contributed by atoms with Crippen LogP contribution in [-0.2, 0) is 9.59 Å². The maximum absolute atomic E-state index is 13.0. The van der Waals surface area contributed by atoms with Crippen molar-refractivity contribution in [1.82, 2.24) is 10.2 Å². The molecule has 2 amide bonds. The number of anilines is 2. The van der Waals surface area contributed by atoms with Crippen molar-refractivity contribution < 1.29 is 18.7 Å². The Morgan fingerprint density at radius 1 is 1.03 bits per heavy atom. The first kappa shape index (κ1) is 21.6. The lowest BCUT2D eigenvalue weighted by atomic mass is 10.2. The normalized spacial score (nSPS) is 14.3. The molecule has 160 valence electrons. The van der Waals surface area contributed by atoms with Crippen molar-refractivity contribution in [2.24, 2.45) is 0 Å². The van der Waals surface area contributed by atoms with E-state index in [-0.39, 0.29) is 5.82 Å². The lowest BCUT2D eigenvalue weighted by Crippen LogP contribution is -2.47. The smallest absolute Gasteiger partial charge is 0.313 e. The number of methoxy groups -OCH3 is 1. The fourth-order valence-corrected chi connectivity index (χ4v) is 3.36. The lowest BCUT2D eigenvalue weighted by molar-refractivity contribution is -0.136. The standard InChI is InChI=1S/C22H27FN4O3/c1-30-20-5-2-4-18(16-20)25-22(29)21(28)24-10-3-11-26-12-14-27(15-13-26)19-8-6-17(23)7-9-19/h2,4-9,16H,3,10-15H2,1H3,(H,24,28)(H,25,29). The summed E-state index contributed by atoms with van der Waals surface area (Å²) < 4.78 is 18.1. The van der Waals surface area contributed by atoms with E-state index in [0.29, 0.717) is 18.0 Å². The number of piperazine rings is 1. The number of carbonyl (C=O) groups excluding carboxylic acids is 2. The monoisotopic (exact) mass is 414 g/mol. The molecule has 0 radical (unpaired) electrons. The van der Waals surface area contributed by atoms with Crippen molar-refractivity contribution >= 4 is 23.2 Å². The number of benzene rings is 2. The van der Waals surface area contributed by atoms with Gasteiger partial charge in [0, 0.05) is 50.2 Å². The molecule has 2 N–H and O–H groups in total.